The molecule has 3 aliphatic rings. The molecular weight excluding hydrogens is 446 g/mol. The number of hydrogen-bond acceptors (Lipinski definition) is 5. The molecular formula is C27H35N3O3S. The van der Waals surface area contributed by atoms with Crippen LogP contribution in [0.3, 0.4) is 0 Å². The van der Waals surface area contributed by atoms with Crippen LogP contribution in [0.1, 0.15) is 55.7 Å². The minimum atomic E-state index is -0.185. The summed E-state index contributed by atoms with van der Waals surface area (Å²) in [6.45, 7) is 4.38. The van der Waals surface area contributed by atoms with Crippen molar-refractivity contribution in [1.82, 2.24) is 15.1 Å². The van der Waals surface area contributed by atoms with Gasteiger partial charge in [0.2, 0.25) is 11.8 Å². The predicted octanol–water partition coefficient (Wildman–Crippen LogP) is 4.23. The Morgan fingerprint density at radius 2 is 1.88 bits per heavy atom. The Kier molecular flexibility index (Phi) is 6.93. The van der Waals surface area contributed by atoms with Gasteiger partial charge in [-0.05, 0) is 91.7 Å². The maximum absolute atomic E-state index is 13.4. The monoisotopic (exact) mass is 481 g/mol. The fourth-order valence-electron chi connectivity index (χ4n) is 5.41. The number of benzene rings is 1. The number of amides is 2. The van der Waals surface area contributed by atoms with Crippen LogP contribution in [0.5, 0.6) is 5.75 Å². The van der Waals surface area contributed by atoms with E-state index in [0.29, 0.717) is 12.5 Å². The molecule has 1 aromatic carbocycles. The van der Waals surface area contributed by atoms with E-state index in [1.165, 1.54) is 5.56 Å². The summed E-state index contributed by atoms with van der Waals surface area (Å²) in [6.07, 6.45) is 5.80. The number of hydrogen-bond donors (Lipinski definition) is 1. The van der Waals surface area contributed by atoms with Crippen LogP contribution in [0.2, 0.25) is 0 Å². The van der Waals surface area contributed by atoms with Gasteiger partial charge in [0.15, 0.2) is 0 Å². The van der Waals surface area contributed by atoms with E-state index in [2.05, 4.69) is 27.0 Å². The highest BCUT2D eigenvalue weighted by atomic mass is 32.1. The number of rotatable bonds is 9. The molecule has 1 N–H and O–H groups in total. The Labute approximate surface area is 206 Å². The summed E-state index contributed by atoms with van der Waals surface area (Å²) in [5, 5.41) is 7.52. The maximum atomic E-state index is 13.4. The van der Waals surface area contributed by atoms with Crippen molar-refractivity contribution in [2.45, 2.75) is 51.1 Å². The topological polar surface area (TPSA) is 61.9 Å². The number of carbonyl (C=O) groups is 2. The number of ether oxygens (including phenoxy) is 1. The van der Waals surface area contributed by atoms with Gasteiger partial charge in [-0.1, -0.05) is 12.1 Å². The number of carbonyl (C=O) groups excluding carboxylic acids is 2. The Balaban J connectivity index is 1.12. The average Bonchev–Trinajstić information content (AvgIpc) is 3.51. The van der Waals surface area contributed by atoms with Crippen molar-refractivity contribution in [1.29, 1.82) is 0 Å². The molecule has 3 fully saturated rings. The molecule has 2 amide bonds. The molecule has 34 heavy (non-hydrogen) atoms. The molecule has 0 bridgehead atoms. The zero-order valence-corrected chi connectivity index (χ0v) is 20.8. The quantitative estimate of drug-likeness (QED) is 0.582. The van der Waals surface area contributed by atoms with Gasteiger partial charge in [-0.3, -0.25) is 9.59 Å². The molecule has 182 valence electrons. The van der Waals surface area contributed by atoms with Crippen LogP contribution < -0.4 is 10.1 Å². The number of nitrogens with zero attached hydrogens (tertiary/aromatic N) is 2. The first kappa shape index (κ1) is 23.4. The molecule has 0 unspecified atom stereocenters. The highest BCUT2D eigenvalue weighted by molar-refractivity contribution is 7.08. The molecule has 2 aromatic rings. The Bertz CT molecular complexity index is 979. The zero-order chi connectivity index (χ0) is 23.5. The van der Waals surface area contributed by atoms with E-state index in [0.717, 1.165) is 76.0 Å². The van der Waals surface area contributed by atoms with Crippen molar-refractivity contribution in [2.24, 2.45) is 11.3 Å². The average molecular weight is 482 g/mol. The molecule has 2 aliphatic heterocycles. The third kappa shape index (κ3) is 5.15. The number of piperidine rings is 1. The smallest absolute Gasteiger partial charge is 0.229 e. The molecule has 1 aliphatic carbocycles. The summed E-state index contributed by atoms with van der Waals surface area (Å²) >= 11 is 1.68. The van der Waals surface area contributed by atoms with Gasteiger partial charge in [-0.2, -0.15) is 11.3 Å². The minimum absolute atomic E-state index is 0.0864. The first-order chi connectivity index (χ1) is 16.6. The molecule has 0 radical (unpaired) electrons. The molecule has 5 rings (SSSR count). The van der Waals surface area contributed by atoms with Gasteiger partial charge in [0.05, 0.1) is 18.6 Å². The van der Waals surface area contributed by atoms with Gasteiger partial charge >= 0.3 is 0 Å². The number of methoxy groups -OCH3 is 1. The molecule has 3 heterocycles. The van der Waals surface area contributed by atoms with Gasteiger partial charge < -0.3 is 19.9 Å². The lowest BCUT2D eigenvalue weighted by molar-refractivity contribution is -0.139. The standard InChI is InChI=1S/C27H35N3O3S/c1-33-23-6-2-20(3-7-23)18-30-16-12-27(26(30)32)10-14-29(15-11-27)13-8-24(22-9-17-34-19-22)28-25(31)21-4-5-21/h2-3,6-7,9,17,19,21,24H,4-5,8,10-16,18H2,1H3,(H,28,31)/t24-/m0/s1. The minimum Gasteiger partial charge on any atom is -0.497 e. The molecule has 1 atom stereocenters. The van der Waals surface area contributed by atoms with E-state index >= 15 is 0 Å². The summed E-state index contributed by atoms with van der Waals surface area (Å²) in [5.74, 6) is 1.61. The predicted molar refractivity (Wildman–Crippen MR) is 134 cm³/mol. The summed E-state index contributed by atoms with van der Waals surface area (Å²) in [6, 6.07) is 10.2. The first-order valence-corrected chi connectivity index (χ1v) is 13.5. The van der Waals surface area contributed by atoms with Crippen molar-refractivity contribution in [3.8, 4) is 5.75 Å². The lowest BCUT2D eigenvalue weighted by Gasteiger charge is -2.38. The summed E-state index contributed by atoms with van der Waals surface area (Å²) in [7, 11) is 1.67. The fraction of sp³-hybridized carbons (Fsp3) is 0.556. The second-order valence-electron chi connectivity index (χ2n) is 10.1. The number of thiophene rings is 1. The zero-order valence-electron chi connectivity index (χ0n) is 20.0. The summed E-state index contributed by atoms with van der Waals surface area (Å²) in [5.41, 5.74) is 2.18. The van der Waals surface area contributed by atoms with Gasteiger partial charge in [0.1, 0.15) is 5.75 Å². The van der Waals surface area contributed by atoms with Crippen molar-refractivity contribution in [2.75, 3.05) is 33.3 Å². The molecule has 1 spiro atoms. The van der Waals surface area contributed by atoms with E-state index in [4.69, 9.17) is 4.74 Å². The third-order valence-corrected chi connectivity index (χ3v) is 8.59. The van der Waals surface area contributed by atoms with E-state index < -0.39 is 0 Å². The SMILES string of the molecule is COc1ccc(CN2CCC3(CCN(CC[C@H](NC(=O)C4CC4)c4ccsc4)CC3)C2=O)cc1. The number of likely N-dealkylation sites (tertiary alicyclic amines) is 2. The fourth-order valence-corrected chi connectivity index (χ4v) is 6.12. The maximum Gasteiger partial charge on any atom is 0.229 e. The van der Waals surface area contributed by atoms with E-state index in [-0.39, 0.29) is 23.3 Å². The van der Waals surface area contributed by atoms with Crippen LogP contribution in [0.15, 0.2) is 41.1 Å². The first-order valence-electron chi connectivity index (χ1n) is 12.5. The van der Waals surface area contributed by atoms with E-state index in [1.807, 2.05) is 29.2 Å². The number of nitrogens with one attached hydrogen (secondary N) is 1. The lowest BCUT2D eigenvalue weighted by atomic mass is 9.77. The van der Waals surface area contributed by atoms with Crippen LogP contribution in [-0.2, 0) is 16.1 Å². The van der Waals surface area contributed by atoms with E-state index in [1.54, 1.807) is 18.4 Å². The van der Waals surface area contributed by atoms with Gasteiger partial charge in [0.25, 0.3) is 0 Å². The molecule has 7 heteroatoms. The summed E-state index contributed by atoms with van der Waals surface area (Å²) < 4.78 is 5.24. The second-order valence-corrected chi connectivity index (χ2v) is 10.9. The van der Waals surface area contributed by atoms with Crippen LogP contribution in [-0.4, -0.2) is 54.9 Å². The Morgan fingerprint density at radius 1 is 1.15 bits per heavy atom. The largest absolute Gasteiger partial charge is 0.497 e. The lowest BCUT2D eigenvalue weighted by Crippen LogP contribution is -2.45. The van der Waals surface area contributed by atoms with Crippen LogP contribution in [0.25, 0.3) is 0 Å². The normalized spacial score (nSPS) is 21.1. The van der Waals surface area contributed by atoms with Crippen LogP contribution in [0, 0.1) is 11.3 Å². The Morgan fingerprint density at radius 3 is 2.53 bits per heavy atom. The Hall–Kier alpha value is -2.38. The molecule has 1 aromatic heterocycles. The molecule has 6 nitrogen and oxygen atoms in total. The van der Waals surface area contributed by atoms with Crippen molar-refractivity contribution in [3.63, 3.8) is 0 Å². The summed E-state index contributed by atoms with van der Waals surface area (Å²) in [4.78, 5) is 30.3. The molecule has 2 saturated heterocycles. The van der Waals surface area contributed by atoms with Crippen LogP contribution >= 0.6 is 11.3 Å². The van der Waals surface area contributed by atoms with Gasteiger partial charge in [-0.15, -0.1) is 0 Å². The van der Waals surface area contributed by atoms with Gasteiger partial charge in [-0.25, -0.2) is 0 Å². The second kappa shape index (κ2) is 10.1. The van der Waals surface area contributed by atoms with E-state index in [9.17, 15) is 9.59 Å². The highest BCUT2D eigenvalue weighted by Crippen LogP contribution is 2.42. The highest BCUT2D eigenvalue weighted by Gasteiger charge is 2.47. The van der Waals surface area contributed by atoms with Crippen molar-refractivity contribution >= 4 is 23.2 Å². The van der Waals surface area contributed by atoms with Crippen molar-refractivity contribution < 1.29 is 14.3 Å². The van der Waals surface area contributed by atoms with Crippen molar-refractivity contribution in [3.05, 3.63) is 52.2 Å². The van der Waals surface area contributed by atoms with Crippen LogP contribution in [0.4, 0.5) is 0 Å². The van der Waals surface area contributed by atoms with Gasteiger partial charge in [0, 0.05) is 25.6 Å². The third-order valence-electron chi connectivity index (χ3n) is 7.89. The molecule has 1 saturated carbocycles.